The quantitative estimate of drug-likeness (QED) is 0.552. The van der Waals surface area contributed by atoms with Crippen molar-refractivity contribution in [2.45, 2.75) is 60.3 Å². The average molecular weight is 249 g/mol. The molecule has 0 aromatic rings. The molecule has 1 heteroatoms. The van der Waals surface area contributed by atoms with Crippen LogP contribution in [0.2, 0.25) is 0 Å². The molecule has 0 aromatic heterocycles. The summed E-state index contributed by atoms with van der Waals surface area (Å²) in [5, 5.41) is 3.38. The zero-order chi connectivity index (χ0) is 14.0. The summed E-state index contributed by atoms with van der Waals surface area (Å²) in [5.74, 6) is 0.755. The van der Waals surface area contributed by atoms with Gasteiger partial charge in [0.15, 0.2) is 0 Å². The topological polar surface area (TPSA) is 12.0 Å². The summed E-state index contributed by atoms with van der Waals surface area (Å²) < 4.78 is 0. The second-order valence-corrected chi connectivity index (χ2v) is 5.79. The van der Waals surface area contributed by atoms with Crippen LogP contribution in [-0.4, -0.2) is 6.54 Å². The molecule has 0 bridgehead atoms. The lowest BCUT2D eigenvalue weighted by atomic mass is 10.1. The third-order valence-corrected chi connectivity index (χ3v) is 2.92. The molecule has 0 amide bonds. The zero-order valence-electron chi connectivity index (χ0n) is 13.0. The third-order valence-electron chi connectivity index (χ3n) is 2.92. The van der Waals surface area contributed by atoms with Gasteiger partial charge in [0.25, 0.3) is 0 Å². The first-order valence-electron chi connectivity index (χ1n) is 7.12. The SMILES string of the molecule is C=C(CCC(C)C)NC/C=C(\C)CCC=C(C)C. The Morgan fingerprint density at radius 1 is 1.11 bits per heavy atom. The summed E-state index contributed by atoms with van der Waals surface area (Å²) in [6.07, 6.45) is 9.19. The molecule has 0 heterocycles. The molecule has 0 aromatic carbocycles. The number of allylic oxidation sites excluding steroid dienone is 4. The molecule has 0 saturated carbocycles. The summed E-state index contributed by atoms with van der Waals surface area (Å²) in [6, 6.07) is 0. The third kappa shape index (κ3) is 11.5. The fraction of sp³-hybridized carbons (Fsp3) is 0.647. The minimum absolute atomic E-state index is 0.755. The van der Waals surface area contributed by atoms with Gasteiger partial charge in [0.2, 0.25) is 0 Å². The van der Waals surface area contributed by atoms with Crippen LogP contribution in [0.3, 0.4) is 0 Å². The van der Waals surface area contributed by atoms with E-state index in [0.29, 0.717) is 0 Å². The van der Waals surface area contributed by atoms with Crippen molar-refractivity contribution >= 4 is 0 Å². The molecular weight excluding hydrogens is 218 g/mol. The summed E-state index contributed by atoms with van der Waals surface area (Å²) >= 11 is 0. The predicted molar refractivity (Wildman–Crippen MR) is 83.6 cm³/mol. The van der Waals surface area contributed by atoms with Gasteiger partial charge < -0.3 is 5.32 Å². The van der Waals surface area contributed by atoms with Crippen LogP contribution in [0, 0.1) is 5.92 Å². The van der Waals surface area contributed by atoms with Gasteiger partial charge in [-0.25, -0.2) is 0 Å². The Morgan fingerprint density at radius 3 is 2.33 bits per heavy atom. The summed E-state index contributed by atoms with van der Waals surface area (Å²) in [5.41, 5.74) is 4.02. The first kappa shape index (κ1) is 17.0. The van der Waals surface area contributed by atoms with Gasteiger partial charge in [-0.15, -0.1) is 0 Å². The lowest BCUT2D eigenvalue weighted by Crippen LogP contribution is -2.13. The Bertz CT molecular complexity index is 291. The van der Waals surface area contributed by atoms with E-state index in [1.54, 1.807) is 0 Å². The number of hydrogen-bond donors (Lipinski definition) is 1. The van der Waals surface area contributed by atoms with Crippen LogP contribution in [0.4, 0.5) is 0 Å². The van der Waals surface area contributed by atoms with E-state index in [1.807, 2.05) is 0 Å². The highest BCUT2D eigenvalue weighted by Gasteiger charge is 1.96. The summed E-state index contributed by atoms with van der Waals surface area (Å²) in [6.45, 7) is 16.0. The van der Waals surface area contributed by atoms with E-state index >= 15 is 0 Å². The Balaban J connectivity index is 3.73. The van der Waals surface area contributed by atoms with Crippen LogP contribution in [0.25, 0.3) is 0 Å². The standard InChI is InChI=1S/C17H31N/c1-14(2)8-7-9-16(5)12-13-18-17(6)11-10-15(3)4/h8,12,15,18H,6-7,9-11,13H2,1-5H3/b16-12+. The minimum atomic E-state index is 0.755. The van der Waals surface area contributed by atoms with Crippen LogP contribution in [0.15, 0.2) is 35.6 Å². The Labute approximate surface area is 114 Å². The predicted octanol–water partition coefficient (Wildman–Crippen LogP) is 5.22. The fourth-order valence-electron chi connectivity index (χ4n) is 1.61. The van der Waals surface area contributed by atoms with Crippen LogP contribution >= 0.6 is 0 Å². The maximum absolute atomic E-state index is 4.06. The molecule has 1 nitrogen and oxygen atoms in total. The lowest BCUT2D eigenvalue weighted by Gasteiger charge is -2.09. The van der Waals surface area contributed by atoms with Crippen molar-refractivity contribution in [3.05, 3.63) is 35.6 Å². The normalized spacial score (nSPS) is 11.6. The molecule has 0 fully saturated rings. The van der Waals surface area contributed by atoms with Crippen molar-refractivity contribution in [1.82, 2.24) is 5.32 Å². The van der Waals surface area contributed by atoms with Gasteiger partial charge in [0, 0.05) is 12.2 Å². The highest BCUT2D eigenvalue weighted by molar-refractivity contribution is 5.04. The molecule has 0 rings (SSSR count). The van der Waals surface area contributed by atoms with E-state index in [2.05, 4.69) is 58.7 Å². The number of hydrogen-bond acceptors (Lipinski definition) is 1. The van der Waals surface area contributed by atoms with Crippen molar-refractivity contribution < 1.29 is 0 Å². The molecule has 0 unspecified atom stereocenters. The highest BCUT2D eigenvalue weighted by atomic mass is 14.9. The molecule has 0 aliphatic carbocycles. The van der Waals surface area contributed by atoms with Gasteiger partial charge in [0.1, 0.15) is 0 Å². The van der Waals surface area contributed by atoms with Crippen molar-refractivity contribution in [2.24, 2.45) is 5.92 Å². The largest absolute Gasteiger partial charge is 0.385 e. The maximum atomic E-state index is 4.06. The van der Waals surface area contributed by atoms with Crippen molar-refractivity contribution in [1.29, 1.82) is 0 Å². The van der Waals surface area contributed by atoms with Gasteiger partial charge in [-0.1, -0.05) is 43.7 Å². The molecule has 0 radical (unpaired) electrons. The van der Waals surface area contributed by atoms with E-state index in [0.717, 1.165) is 37.4 Å². The molecule has 0 atom stereocenters. The molecule has 0 spiro atoms. The maximum Gasteiger partial charge on any atom is 0.0330 e. The highest BCUT2D eigenvalue weighted by Crippen LogP contribution is 2.08. The van der Waals surface area contributed by atoms with Gasteiger partial charge in [-0.05, 0) is 52.4 Å². The van der Waals surface area contributed by atoms with E-state index in [1.165, 1.54) is 17.6 Å². The average Bonchev–Trinajstić information content (AvgIpc) is 2.25. The molecule has 18 heavy (non-hydrogen) atoms. The lowest BCUT2D eigenvalue weighted by molar-refractivity contribution is 0.572. The van der Waals surface area contributed by atoms with Crippen molar-refractivity contribution in [3.63, 3.8) is 0 Å². The van der Waals surface area contributed by atoms with E-state index in [-0.39, 0.29) is 0 Å². The van der Waals surface area contributed by atoms with Crippen LogP contribution in [-0.2, 0) is 0 Å². The zero-order valence-corrected chi connectivity index (χ0v) is 13.0. The summed E-state index contributed by atoms with van der Waals surface area (Å²) in [4.78, 5) is 0. The van der Waals surface area contributed by atoms with Gasteiger partial charge in [0.05, 0.1) is 0 Å². The summed E-state index contributed by atoms with van der Waals surface area (Å²) in [7, 11) is 0. The first-order chi connectivity index (χ1) is 8.41. The van der Waals surface area contributed by atoms with Gasteiger partial charge in [-0.2, -0.15) is 0 Å². The van der Waals surface area contributed by atoms with Crippen LogP contribution in [0.5, 0.6) is 0 Å². The first-order valence-corrected chi connectivity index (χ1v) is 7.12. The molecule has 1 N–H and O–H groups in total. The van der Waals surface area contributed by atoms with Gasteiger partial charge in [-0.3, -0.25) is 0 Å². The Kier molecular flexibility index (Phi) is 9.45. The second-order valence-electron chi connectivity index (χ2n) is 5.79. The van der Waals surface area contributed by atoms with Crippen molar-refractivity contribution in [3.8, 4) is 0 Å². The van der Waals surface area contributed by atoms with Crippen molar-refractivity contribution in [2.75, 3.05) is 6.54 Å². The molecule has 0 aliphatic rings. The molecular formula is C17H31N. The molecule has 0 saturated heterocycles. The van der Waals surface area contributed by atoms with Crippen LogP contribution in [0.1, 0.15) is 60.3 Å². The Hall–Kier alpha value is -0.980. The van der Waals surface area contributed by atoms with E-state index in [9.17, 15) is 0 Å². The smallest absolute Gasteiger partial charge is 0.0330 e. The van der Waals surface area contributed by atoms with E-state index in [4.69, 9.17) is 0 Å². The molecule has 0 aliphatic heterocycles. The fourth-order valence-corrected chi connectivity index (χ4v) is 1.61. The number of nitrogens with one attached hydrogen (secondary N) is 1. The minimum Gasteiger partial charge on any atom is -0.385 e. The molecule has 104 valence electrons. The monoisotopic (exact) mass is 249 g/mol. The van der Waals surface area contributed by atoms with E-state index < -0.39 is 0 Å². The Morgan fingerprint density at radius 2 is 1.78 bits per heavy atom. The number of rotatable bonds is 9. The second kappa shape index (κ2) is 9.99. The van der Waals surface area contributed by atoms with Gasteiger partial charge >= 0.3 is 0 Å². The van der Waals surface area contributed by atoms with Crippen LogP contribution < -0.4 is 5.32 Å².